The van der Waals surface area contributed by atoms with Gasteiger partial charge in [0.05, 0.1) is 73.8 Å². The van der Waals surface area contributed by atoms with E-state index in [1.165, 1.54) is 7.11 Å². The highest BCUT2D eigenvalue weighted by Gasteiger charge is 2.61. The number of hydrogen-bond acceptors (Lipinski definition) is 17. The third kappa shape index (κ3) is 14.1. The van der Waals surface area contributed by atoms with E-state index in [1.807, 2.05) is 44.2 Å². The fraction of sp³-hybridized carbons (Fsp3) is 0.849. The number of halogens is 1. The summed E-state index contributed by atoms with van der Waals surface area (Å²) in [5, 5.41) is 55.7. The van der Waals surface area contributed by atoms with Gasteiger partial charge in [-0.15, -0.1) is 11.6 Å². The van der Waals surface area contributed by atoms with Gasteiger partial charge < -0.3 is 72.9 Å². The first kappa shape index (κ1) is 56.7. The zero-order valence-corrected chi connectivity index (χ0v) is 43.4. The molecule has 6 saturated heterocycles. The first-order chi connectivity index (χ1) is 33.9. The van der Waals surface area contributed by atoms with E-state index in [2.05, 4.69) is 11.7 Å². The van der Waals surface area contributed by atoms with E-state index in [0.717, 1.165) is 6.42 Å². The van der Waals surface area contributed by atoms with Crippen LogP contribution in [0.5, 0.6) is 0 Å². The van der Waals surface area contributed by atoms with Crippen LogP contribution in [0.15, 0.2) is 36.5 Å². The molecule has 404 valence electrons. The Balaban J connectivity index is 1.13. The smallest absolute Gasteiger partial charge is 0.335 e. The Hall–Kier alpha value is -2.07. The van der Waals surface area contributed by atoms with Crippen LogP contribution in [-0.4, -0.2) is 167 Å². The molecule has 0 aromatic rings. The number of carbonyl (C=O) groups is 2. The highest BCUT2D eigenvalue weighted by Crippen LogP contribution is 2.53. The summed E-state index contributed by atoms with van der Waals surface area (Å²) in [4.78, 5) is 25.5. The second-order valence-electron chi connectivity index (χ2n) is 21.6. The average molecular weight is 1030 g/mol. The lowest BCUT2D eigenvalue weighted by molar-refractivity contribution is -0.413. The van der Waals surface area contributed by atoms with E-state index < -0.39 is 120 Å². The van der Waals surface area contributed by atoms with Crippen LogP contribution in [0.4, 0.5) is 0 Å². The van der Waals surface area contributed by atoms with Crippen molar-refractivity contribution in [1.82, 2.24) is 0 Å². The lowest BCUT2D eigenvalue weighted by Crippen LogP contribution is -2.61. The third-order valence-corrected chi connectivity index (χ3v) is 16.8. The van der Waals surface area contributed by atoms with Gasteiger partial charge in [-0.05, 0) is 82.6 Å². The molecule has 0 aromatic carbocycles. The molecule has 7 aliphatic rings. The fourth-order valence-corrected chi connectivity index (χ4v) is 12.3. The third-order valence-electron chi connectivity index (χ3n) is 16.3. The second-order valence-corrected chi connectivity index (χ2v) is 22.1. The number of aliphatic hydroxyl groups is 5. The molecule has 3 spiro atoms. The maximum atomic E-state index is 13.9. The quantitative estimate of drug-likeness (QED) is 0.108. The van der Waals surface area contributed by atoms with Crippen molar-refractivity contribution in [2.45, 2.75) is 245 Å². The summed E-state index contributed by atoms with van der Waals surface area (Å²) in [5.41, 5.74) is 0. The van der Waals surface area contributed by atoms with E-state index in [0.29, 0.717) is 70.6 Å². The molecule has 71 heavy (non-hydrogen) atoms. The van der Waals surface area contributed by atoms with Gasteiger partial charge in [0.1, 0.15) is 24.4 Å². The summed E-state index contributed by atoms with van der Waals surface area (Å²) in [6.07, 6.45) is 8.23. The normalized spacial score (nSPS) is 45.7. The van der Waals surface area contributed by atoms with Gasteiger partial charge in [-0.3, -0.25) is 4.79 Å². The SMILES string of the molecule is COC(=O)C(O)C/C=C\C/C=C/C[C@H]1O[C@@]23C[C@H]1OC(=O)CC1CCCC(C[C@@H](O)C[C@H](O)C[C@H]4O[C@]5(C=C[C@@H]4C)CC[C@H](OC)[C@H](O5)[C@@H](O)[C@@H](O)[C@@H](C)CC[C@@H]4O[C@](CC[C@H]2C)(C[C@H](OC)[C@H]4Cl)O3)O1. The molecule has 7 heterocycles. The van der Waals surface area contributed by atoms with Gasteiger partial charge in [-0.1, -0.05) is 51.2 Å². The van der Waals surface area contributed by atoms with Crippen molar-refractivity contribution < 1.29 is 82.5 Å². The number of allylic oxidation sites excluding steroid dienone is 2. The van der Waals surface area contributed by atoms with Crippen LogP contribution in [-0.2, 0) is 57.0 Å². The maximum absolute atomic E-state index is 13.9. The minimum Gasteiger partial charge on any atom is -0.467 e. The summed E-state index contributed by atoms with van der Waals surface area (Å²) >= 11 is 7.16. The van der Waals surface area contributed by atoms with Gasteiger partial charge in [-0.2, -0.15) is 0 Å². The molecule has 7 aliphatic heterocycles. The summed E-state index contributed by atoms with van der Waals surface area (Å²) in [6, 6.07) is 0. The van der Waals surface area contributed by atoms with Crippen LogP contribution in [0.25, 0.3) is 0 Å². The Bertz CT molecular complexity index is 1820. The zero-order valence-electron chi connectivity index (χ0n) is 42.6. The molecular formula is C53H83ClO17. The second kappa shape index (κ2) is 25.2. The summed E-state index contributed by atoms with van der Waals surface area (Å²) in [7, 11) is 4.41. The van der Waals surface area contributed by atoms with Gasteiger partial charge in [0.25, 0.3) is 0 Å². The van der Waals surface area contributed by atoms with Crippen molar-refractivity contribution in [3.8, 4) is 0 Å². The van der Waals surface area contributed by atoms with Crippen molar-refractivity contribution in [2.75, 3.05) is 21.3 Å². The minimum absolute atomic E-state index is 0.0195. The zero-order chi connectivity index (χ0) is 51.1. The number of ether oxygens (including phenoxy) is 10. The first-order valence-corrected chi connectivity index (χ1v) is 26.8. The number of hydrogen-bond donors (Lipinski definition) is 5. The summed E-state index contributed by atoms with van der Waals surface area (Å²) in [5.74, 6) is -5.32. The number of aliphatic hydroxyl groups excluding tert-OH is 5. The Morgan fingerprint density at radius 2 is 1.55 bits per heavy atom. The van der Waals surface area contributed by atoms with E-state index in [-0.39, 0.29) is 56.5 Å². The van der Waals surface area contributed by atoms with Gasteiger partial charge >= 0.3 is 11.9 Å². The summed E-state index contributed by atoms with van der Waals surface area (Å²) in [6.45, 7) is 5.94. The number of methoxy groups -OCH3 is 3. The lowest BCUT2D eigenvalue weighted by Gasteiger charge is -2.54. The molecule has 18 heteroatoms. The largest absolute Gasteiger partial charge is 0.467 e. The fourth-order valence-electron chi connectivity index (χ4n) is 11.9. The van der Waals surface area contributed by atoms with Crippen LogP contribution in [0, 0.1) is 17.8 Å². The topological polar surface area (TPSA) is 228 Å². The van der Waals surface area contributed by atoms with Gasteiger partial charge in [0.15, 0.2) is 23.5 Å². The van der Waals surface area contributed by atoms with Crippen molar-refractivity contribution in [2.24, 2.45) is 17.8 Å². The van der Waals surface area contributed by atoms with E-state index in [9.17, 15) is 35.1 Å². The molecule has 0 aliphatic carbocycles. The number of fused-ring (bicyclic) bond motifs is 6. The predicted octanol–water partition coefficient (Wildman–Crippen LogP) is 5.61. The van der Waals surface area contributed by atoms with Gasteiger partial charge in [0, 0.05) is 64.6 Å². The van der Waals surface area contributed by atoms with E-state index >= 15 is 0 Å². The van der Waals surface area contributed by atoms with Crippen LogP contribution >= 0.6 is 11.6 Å². The predicted molar refractivity (Wildman–Crippen MR) is 259 cm³/mol. The van der Waals surface area contributed by atoms with Crippen molar-refractivity contribution in [3.63, 3.8) is 0 Å². The Labute approximate surface area is 424 Å². The van der Waals surface area contributed by atoms with Crippen LogP contribution in [0.3, 0.4) is 0 Å². The molecule has 0 radical (unpaired) electrons. The molecule has 0 aromatic heterocycles. The highest BCUT2D eigenvalue weighted by molar-refractivity contribution is 6.21. The molecule has 6 fully saturated rings. The highest BCUT2D eigenvalue weighted by atomic mass is 35.5. The van der Waals surface area contributed by atoms with E-state index in [1.54, 1.807) is 20.3 Å². The maximum Gasteiger partial charge on any atom is 0.335 e. The molecular weight excluding hydrogens is 944 g/mol. The van der Waals surface area contributed by atoms with Crippen LogP contribution in [0.2, 0.25) is 0 Å². The van der Waals surface area contributed by atoms with Crippen molar-refractivity contribution in [1.29, 1.82) is 0 Å². The standard InChI is InChI=1S/C53H83ClO17/c1-31-19-22-51-24-21-41(62-4)49(70-51)48(60)47(59)32(2)17-18-40-46(54)44(63-5)29-52(67-40)23-20-33(3)53(71-52)30-43(39(69-53)16-11-9-7-8-10-15-38(57)50(61)64-6)66-45(58)28-37-14-12-13-36(65-37)26-34(55)25-35(56)27-42(31)68-51/h8-11,19,22,31-44,46-49,55-57,59-60H,7,12-18,20-21,23-30H2,1-6H3/b10-8-,11-9+/t31-,32-,33+,34-,35-,36?,37?,38?,39+,40-,41-,42+,43+,44-,46-,47-,48-,49-,51-,52-,53+/m0/s1. The molecule has 21 atom stereocenters. The van der Waals surface area contributed by atoms with Crippen molar-refractivity contribution in [3.05, 3.63) is 36.5 Å². The molecule has 17 nitrogen and oxygen atoms in total. The van der Waals surface area contributed by atoms with Crippen LogP contribution in [0.1, 0.15) is 136 Å². The Morgan fingerprint density at radius 1 is 0.803 bits per heavy atom. The Morgan fingerprint density at radius 3 is 2.31 bits per heavy atom. The number of carbonyl (C=O) groups excluding carboxylic acids is 2. The first-order valence-electron chi connectivity index (χ1n) is 26.3. The van der Waals surface area contributed by atoms with Gasteiger partial charge in [-0.25, -0.2) is 4.79 Å². The molecule has 0 saturated carbocycles. The minimum atomic E-state index is -1.34. The van der Waals surface area contributed by atoms with Crippen molar-refractivity contribution >= 4 is 23.5 Å². The molecule has 9 bridgehead atoms. The number of esters is 2. The number of alkyl halides is 1. The number of rotatable bonds is 9. The van der Waals surface area contributed by atoms with Crippen LogP contribution < -0.4 is 0 Å². The molecule has 5 N–H and O–H groups in total. The molecule has 0 amide bonds. The Kier molecular flexibility index (Phi) is 20.1. The van der Waals surface area contributed by atoms with Gasteiger partial charge in [0.2, 0.25) is 0 Å². The molecule has 7 rings (SSSR count). The molecule has 3 unspecified atom stereocenters. The summed E-state index contributed by atoms with van der Waals surface area (Å²) < 4.78 is 63.5. The monoisotopic (exact) mass is 1030 g/mol. The van der Waals surface area contributed by atoms with E-state index in [4.69, 9.17) is 54.2 Å². The average Bonchev–Trinajstić information content (AvgIpc) is 3.68. The lowest BCUT2D eigenvalue weighted by atomic mass is 9.82.